The van der Waals surface area contributed by atoms with E-state index in [1.54, 1.807) is 6.26 Å². The third-order valence-corrected chi connectivity index (χ3v) is 13.2. The summed E-state index contributed by atoms with van der Waals surface area (Å²) < 4.78 is 17.7. The molecule has 1 aromatic heterocycles. The average molecular weight is 497 g/mol. The summed E-state index contributed by atoms with van der Waals surface area (Å²) in [7, 11) is -3.07. The Morgan fingerprint density at radius 2 is 1.42 bits per heavy atom. The SMILES string of the molecule is CC(=O)OC(CCCCCCCCCCCO[Si](C)(C)C(C)(C)C)c1coc([Si](C)(C)C)c1. The van der Waals surface area contributed by atoms with Crippen molar-refractivity contribution >= 4 is 27.7 Å². The molecule has 6 heteroatoms. The molecule has 1 heterocycles. The molecular weight excluding hydrogens is 444 g/mol. The Morgan fingerprint density at radius 3 is 1.88 bits per heavy atom. The number of unbranched alkanes of at least 4 members (excludes halogenated alkanes) is 8. The van der Waals surface area contributed by atoms with Crippen molar-refractivity contribution in [2.75, 3.05) is 6.61 Å². The Morgan fingerprint density at radius 1 is 0.909 bits per heavy atom. The van der Waals surface area contributed by atoms with Gasteiger partial charge in [0.05, 0.1) is 11.6 Å². The van der Waals surface area contributed by atoms with Gasteiger partial charge in [-0.3, -0.25) is 4.79 Å². The Hall–Kier alpha value is -0.856. The Balaban J connectivity index is 2.15. The number of furan rings is 1. The molecule has 0 fully saturated rings. The number of esters is 1. The molecule has 0 aromatic carbocycles. The van der Waals surface area contributed by atoms with Crippen molar-refractivity contribution in [1.29, 1.82) is 0 Å². The lowest BCUT2D eigenvalue weighted by molar-refractivity contribution is -0.147. The van der Waals surface area contributed by atoms with Crippen LogP contribution in [0.2, 0.25) is 37.8 Å². The second kappa shape index (κ2) is 13.9. The number of carbonyl (C=O) groups is 1. The molecule has 1 aromatic rings. The van der Waals surface area contributed by atoms with Crippen molar-refractivity contribution in [2.24, 2.45) is 0 Å². The van der Waals surface area contributed by atoms with Crippen LogP contribution in [-0.4, -0.2) is 29.0 Å². The minimum Gasteiger partial charge on any atom is -0.474 e. The first-order valence-corrected chi connectivity index (χ1v) is 19.5. The molecule has 0 aliphatic carbocycles. The van der Waals surface area contributed by atoms with Gasteiger partial charge in [-0.2, -0.15) is 0 Å². The van der Waals surface area contributed by atoms with Crippen LogP contribution in [0.15, 0.2) is 16.7 Å². The van der Waals surface area contributed by atoms with Crippen LogP contribution in [-0.2, 0) is 14.0 Å². The minimum absolute atomic E-state index is 0.176. The van der Waals surface area contributed by atoms with Gasteiger partial charge in [0.25, 0.3) is 0 Å². The molecule has 1 rings (SSSR count). The highest BCUT2D eigenvalue weighted by molar-refractivity contribution is 6.87. The van der Waals surface area contributed by atoms with Gasteiger partial charge in [0, 0.05) is 19.1 Å². The molecule has 4 nitrogen and oxygen atoms in total. The van der Waals surface area contributed by atoms with E-state index in [9.17, 15) is 4.79 Å². The second-order valence-corrected chi connectivity index (χ2v) is 22.0. The van der Waals surface area contributed by atoms with Gasteiger partial charge in [-0.1, -0.05) is 85.4 Å². The molecule has 0 aliphatic rings. The van der Waals surface area contributed by atoms with E-state index in [0.29, 0.717) is 5.04 Å². The molecule has 0 saturated heterocycles. The van der Waals surface area contributed by atoms with Crippen LogP contribution in [0.25, 0.3) is 0 Å². The molecule has 0 amide bonds. The van der Waals surface area contributed by atoms with Crippen LogP contribution in [0.4, 0.5) is 0 Å². The summed E-state index contributed by atoms with van der Waals surface area (Å²) in [5.74, 6) is -0.217. The van der Waals surface area contributed by atoms with Gasteiger partial charge in [0.2, 0.25) is 0 Å². The van der Waals surface area contributed by atoms with E-state index in [2.05, 4.69) is 59.6 Å². The highest BCUT2D eigenvalue weighted by Gasteiger charge is 2.36. The highest BCUT2D eigenvalue weighted by Crippen LogP contribution is 2.36. The molecule has 0 N–H and O–H groups in total. The van der Waals surface area contributed by atoms with Gasteiger partial charge in [0.1, 0.15) is 14.2 Å². The number of hydrogen-bond acceptors (Lipinski definition) is 4. The molecule has 0 spiro atoms. The Bertz CT molecular complexity index is 683. The maximum absolute atomic E-state index is 11.6. The number of carbonyl (C=O) groups excluding carboxylic acids is 1. The molecule has 0 aliphatic heterocycles. The lowest BCUT2D eigenvalue weighted by atomic mass is 10.0. The van der Waals surface area contributed by atoms with Crippen molar-refractivity contribution in [1.82, 2.24) is 0 Å². The van der Waals surface area contributed by atoms with Crippen LogP contribution >= 0.6 is 0 Å². The molecular formula is C27H52O4Si2. The molecule has 0 saturated carbocycles. The predicted molar refractivity (Wildman–Crippen MR) is 146 cm³/mol. The zero-order chi connectivity index (χ0) is 25.1. The maximum atomic E-state index is 11.6. The first kappa shape index (κ1) is 30.2. The number of ether oxygens (including phenoxy) is 1. The van der Waals surface area contributed by atoms with Crippen molar-refractivity contribution in [2.45, 2.75) is 136 Å². The number of rotatable bonds is 16. The lowest BCUT2D eigenvalue weighted by Crippen LogP contribution is -2.40. The van der Waals surface area contributed by atoms with Crippen LogP contribution in [0.3, 0.4) is 0 Å². The molecule has 1 unspecified atom stereocenters. The highest BCUT2D eigenvalue weighted by atomic mass is 28.4. The largest absolute Gasteiger partial charge is 0.474 e. The molecule has 192 valence electrons. The third-order valence-electron chi connectivity index (χ3n) is 6.92. The summed E-state index contributed by atoms with van der Waals surface area (Å²) in [6, 6.07) is 2.11. The smallest absolute Gasteiger partial charge is 0.303 e. The monoisotopic (exact) mass is 496 g/mol. The Labute approximate surface area is 206 Å². The third kappa shape index (κ3) is 11.9. The van der Waals surface area contributed by atoms with E-state index in [1.165, 1.54) is 58.3 Å². The first-order valence-electron chi connectivity index (χ1n) is 13.1. The molecule has 33 heavy (non-hydrogen) atoms. The summed E-state index contributed by atoms with van der Waals surface area (Å²) in [5.41, 5.74) is 1.01. The lowest BCUT2D eigenvalue weighted by Gasteiger charge is -2.36. The van der Waals surface area contributed by atoms with Gasteiger partial charge < -0.3 is 13.6 Å². The van der Waals surface area contributed by atoms with Crippen LogP contribution in [0.5, 0.6) is 0 Å². The minimum atomic E-state index is -1.58. The Kier molecular flexibility index (Phi) is 12.7. The molecule has 1 atom stereocenters. The van der Waals surface area contributed by atoms with E-state index < -0.39 is 16.4 Å². The zero-order valence-electron chi connectivity index (χ0n) is 23.1. The zero-order valence-corrected chi connectivity index (χ0v) is 25.1. The van der Waals surface area contributed by atoms with Crippen LogP contribution in [0, 0.1) is 0 Å². The van der Waals surface area contributed by atoms with E-state index in [1.807, 2.05) is 0 Å². The quantitative estimate of drug-likeness (QED) is 0.131. The van der Waals surface area contributed by atoms with Crippen LogP contribution < -0.4 is 5.38 Å². The summed E-state index contributed by atoms with van der Waals surface area (Å²) in [5, 5.41) is 1.38. The van der Waals surface area contributed by atoms with Crippen molar-refractivity contribution in [3.63, 3.8) is 0 Å². The summed E-state index contributed by atoms with van der Waals surface area (Å²) >= 11 is 0. The first-order chi connectivity index (χ1) is 15.2. The fourth-order valence-corrected chi connectivity index (χ4v) is 5.72. The topological polar surface area (TPSA) is 48.7 Å². The fraction of sp³-hybridized carbons (Fsp3) is 0.815. The molecule has 0 radical (unpaired) electrons. The van der Waals surface area contributed by atoms with Gasteiger partial charge in [0.15, 0.2) is 8.32 Å². The van der Waals surface area contributed by atoms with Crippen molar-refractivity contribution < 1.29 is 18.4 Å². The van der Waals surface area contributed by atoms with Gasteiger partial charge >= 0.3 is 5.97 Å². The average Bonchev–Trinajstić information content (AvgIpc) is 3.17. The second-order valence-electron chi connectivity index (χ2n) is 12.2. The van der Waals surface area contributed by atoms with Gasteiger partial charge in [-0.15, -0.1) is 0 Å². The van der Waals surface area contributed by atoms with Crippen LogP contribution in [0.1, 0.15) is 104 Å². The van der Waals surface area contributed by atoms with E-state index >= 15 is 0 Å². The summed E-state index contributed by atoms with van der Waals surface area (Å²) in [6.07, 6.45) is 13.7. The van der Waals surface area contributed by atoms with Crippen molar-refractivity contribution in [3.05, 3.63) is 17.9 Å². The standard InChI is InChI=1S/C27H52O4Si2/c1-23(28)31-25(24-21-26(29-22-24)32(5,6)7)19-17-15-13-11-10-12-14-16-18-20-30-33(8,9)27(2,3)4/h21-22,25H,10-20H2,1-9H3. The fourth-order valence-electron chi connectivity index (χ4n) is 3.62. The van der Waals surface area contributed by atoms with E-state index in [-0.39, 0.29) is 12.1 Å². The predicted octanol–water partition coefficient (Wildman–Crippen LogP) is 8.35. The molecule has 0 bridgehead atoms. The normalized spacial score (nSPS) is 13.8. The summed E-state index contributed by atoms with van der Waals surface area (Å²) in [6.45, 7) is 20.8. The van der Waals surface area contributed by atoms with Gasteiger partial charge in [-0.05, 0) is 43.5 Å². The van der Waals surface area contributed by atoms with Gasteiger partial charge in [-0.25, -0.2) is 0 Å². The van der Waals surface area contributed by atoms with E-state index in [4.69, 9.17) is 13.6 Å². The van der Waals surface area contributed by atoms with Crippen molar-refractivity contribution in [3.8, 4) is 0 Å². The number of hydrogen-bond donors (Lipinski definition) is 0. The summed E-state index contributed by atoms with van der Waals surface area (Å²) in [4.78, 5) is 11.6. The maximum Gasteiger partial charge on any atom is 0.303 e. The van der Waals surface area contributed by atoms with E-state index in [0.717, 1.165) is 30.4 Å².